The van der Waals surface area contributed by atoms with Gasteiger partial charge in [-0.15, -0.1) is 0 Å². The summed E-state index contributed by atoms with van der Waals surface area (Å²) in [7, 11) is 1.93. The predicted molar refractivity (Wildman–Crippen MR) is 71.4 cm³/mol. The van der Waals surface area contributed by atoms with E-state index >= 15 is 0 Å². The van der Waals surface area contributed by atoms with Crippen LogP contribution >= 0.6 is 23.4 Å². The van der Waals surface area contributed by atoms with E-state index in [0.717, 1.165) is 26.2 Å². The highest BCUT2D eigenvalue weighted by atomic mass is 35.5. The second-order valence-electron chi connectivity index (χ2n) is 3.82. The third-order valence-corrected chi connectivity index (χ3v) is 4.00. The van der Waals surface area contributed by atoms with Crippen LogP contribution in [0.4, 0.5) is 0 Å². The molecule has 1 heterocycles. The molecule has 0 fully saturated rings. The van der Waals surface area contributed by atoms with Gasteiger partial charge in [-0.25, -0.2) is 0 Å². The highest BCUT2D eigenvalue weighted by molar-refractivity contribution is 7.99. The summed E-state index contributed by atoms with van der Waals surface area (Å²) in [5, 5.41) is 6.11. The zero-order chi connectivity index (χ0) is 12.4. The SMILES string of the molecule is Cc1cc(Sc2ccc(CN)cc2Cl)n(C)n1. The van der Waals surface area contributed by atoms with Crippen molar-refractivity contribution >= 4 is 23.4 Å². The Labute approximate surface area is 110 Å². The fourth-order valence-electron chi connectivity index (χ4n) is 1.55. The molecule has 2 aromatic rings. The van der Waals surface area contributed by atoms with Crippen molar-refractivity contribution in [3.8, 4) is 0 Å². The van der Waals surface area contributed by atoms with Gasteiger partial charge in [0.1, 0.15) is 0 Å². The molecular formula is C12H14ClN3S. The molecule has 0 aliphatic rings. The summed E-state index contributed by atoms with van der Waals surface area (Å²) in [5.41, 5.74) is 7.62. The van der Waals surface area contributed by atoms with Crippen LogP contribution in [0.2, 0.25) is 5.02 Å². The second kappa shape index (κ2) is 5.12. The first-order valence-corrected chi connectivity index (χ1v) is 6.46. The van der Waals surface area contributed by atoms with E-state index < -0.39 is 0 Å². The first kappa shape index (κ1) is 12.5. The van der Waals surface area contributed by atoms with E-state index in [2.05, 4.69) is 5.10 Å². The van der Waals surface area contributed by atoms with Gasteiger partial charge in [-0.2, -0.15) is 5.10 Å². The summed E-state index contributed by atoms with van der Waals surface area (Å²) in [6.45, 7) is 2.48. The van der Waals surface area contributed by atoms with Crippen LogP contribution in [0.3, 0.4) is 0 Å². The normalized spacial score (nSPS) is 10.8. The standard InChI is InChI=1S/C12H14ClN3S/c1-8-5-12(16(2)15-8)17-11-4-3-9(7-14)6-10(11)13/h3-6H,7,14H2,1-2H3. The van der Waals surface area contributed by atoms with Crippen molar-refractivity contribution in [2.24, 2.45) is 12.8 Å². The maximum Gasteiger partial charge on any atom is 0.0987 e. The molecule has 0 aliphatic heterocycles. The van der Waals surface area contributed by atoms with Gasteiger partial charge < -0.3 is 5.73 Å². The zero-order valence-corrected chi connectivity index (χ0v) is 11.3. The number of hydrogen-bond donors (Lipinski definition) is 1. The van der Waals surface area contributed by atoms with Gasteiger partial charge in [0, 0.05) is 18.5 Å². The summed E-state index contributed by atoms with van der Waals surface area (Å²) < 4.78 is 1.85. The van der Waals surface area contributed by atoms with Crippen LogP contribution in [0.5, 0.6) is 0 Å². The summed E-state index contributed by atoms with van der Waals surface area (Å²) >= 11 is 7.82. The Balaban J connectivity index is 2.27. The lowest BCUT2D eigenvalue weighted by Gasteiger charge is -2.05. The van der Waals surface area contributed by atoms with Gasteiger partial charge in [0.2, 0.25) is 0 Å². The van der Waals surface area contributed by atoms with Crippen molar-refractivity contribution in [1.29, 1.82) is 0 Å². The molecular weight excluding hydrogens is 254 g/mol. The van der Waals surface area contributed by atoms with E-state index in [9.17, 15) is 0 Å². The van der Waals surface area contributed by atoms with Crippen LogP contribution in [0.15, 0.2) is 34.2 Å². The Kier molecular flexibility index (Phi) is 3.76. The zero-order valence-electron chi connectivity index (χ0n) is 9.77. The molecule has 3 nitrogen and oxygen atoms in total. The Morgan fingerprint density at radius 2 is 2.18 bits per heavy atom. The molecule has 0 saturated heterocycles. The quantitative estimate of drug-likeness (QED) is 0.930. The fourth-order valence-corrected chi connectivity index (χ4v) is 2.79. The lowest BCUT2D eigenvalue weighted by atomic mass is 10.2. The van der Waals surface area contributed by atoms with Crippen molar-refractivity contribution in [2.75, 3.05) is 0 Å². The highest BCUT2D eigenvalue weighted by Gasteiger charge is 2.07. The molecule has 1 aromatic carbocycles. The smallest absolute Gasteiger partial charge is 0.0987 e. The number of halogens is 1. The molecule has 90 valence electrons. The van der Waals surface area contributed by atoms with Crippen LogP contribution in [-0.4, -0.2) is 9.78 Å². The second-order valence-corrected chi connectivity index (χ2v) is 5.29. The minimum absolute atomic E-state index is 0.509. The molecule has 1 aromatic heterocycles. The number of aryl methyl sites for hydroxylation is 2. The molecule has 0 radical (unpaired) electrons. The van der Waals surface area contributed by atoms with Crippen LogP contribution < -0.4 is 5.73 Å². The van der Waals surface area contributed by atoms with E-state index in [1.54, 1.807) is 11.8 Å². The number of benzene rings is 1. The molecule has 0 unspecified atom stereocenters. The summed E-state index contributed by atoms with van der Waals surface area (Å²) in [5.74, 6) is 0. The van der Waals surface area contributed by atoms with E-state index in [-0.39, 0.29) is 0 Å². The molecule has 0 aliphatic carbocycles. The number of aromatic nitrogens is 2. The van der Waals surface area contributed by atoms with Crippen LogP contribution in [0, 0.1) is 6.92 Å². The molecule has 5 heteroatoms. The van der Waals surface area contributed by atoms with Gasteiger partial charge in [-0.3, -0.25) is 4.68 Å². The van der Waals surface area contributed by atoms with Gasteiger partial charge in [0.05, 0.1) is 15.7 Å². The Bertz CT molecular complexity index is 537. The monoisotopic (exact) mass is 267 g/mol. The van der Waals surface area contributed by atoms with Crippen molar-refractivity contribution in [3.63, 3.8) is 0 Å². The van der Waals surface area contributed by atoms with Crippen LogP contribution in [0.25, 0.3) is 0 Å². The lowest BCUT2D eigenvalue weighted by Crippen LogP contribution is -1.96. The minimum Gasteiger partial charge on any atom is -0.326 e. The van der Waals surface area contributed by atoms with Gasteiger partial charge in [-0.1, -0.05) is 29.4 Å². The van der Waals surface area contributed by atoms with Gasteiger partial charge in [0.25, 0.3) is 0 Å². The highest BCUT2D eigenvalue weighted by Crippen LogP contribution is 2.33. The Morgan fingerprint density at radius 1 is 1.41 bits per heavy atom. The number of nitrogens with two attached hydrogens (primary N) is 1. The lowest BCUT2D eigenvalue weighted by molar-refractivity contribution is 0.692. The molecule has 2 rings (SSSR count). The average molecular weight is 268 g/mol. The van der Waals surface area contributed by atoms with E-state index in [1.165, 1.54) is 0 Å². The maximum atomic E-state index is 6.21. The van der Waals surface area contributed by atoms with Crippen molar-refractivity contribution in [2.45, 2.75) is 23.4 Å². The van der Waals surface area contributed by atoms with E-state index in [4.69, 9.17) is 17.3 Å². The van der Waals surface area contributed by atoms with Crippen molar-refractivity contribution < 1.29 is 0 Å². The number of hydrogen-bond acceptors (Lipinski definition) is 3. The molecule has 2 N–H and O–H groups in total. The van der Waals surface area contributed by atoms with Gasteiger partial charge in [-0.05, 0) is 30.7 Å². The van der Waals surface area contributed by atoms with Crippen LogP contribution in [0.1, 0.15) is 11.3 Å². The largest absolute Gasteiger partial charge is 0.326 e. The molecule has 0 amide bonds. The fraction of sp³-hybridized carbons (Fsp3) is 0.250. The third-order valence-electron chi connectivity index (χ3n) is 2.41. The third kappa shape index (κ3) is 2.83. The van der Waals surface area contributed by atoms with E-state index in [1.807, 2.05) is 42.9 Å². The maximum absolute atomic E-state index is 6.21. The number of nitrogens with zero attached hydrogens (tertiary/aromatic N) is 2. The van der Waals surface area contributed by atoms with E-state index in [0.29, 0.717) is 6.54 Å². The Hall–Kier alpha value is -0.970. The first-order chi connectivity index (χ1) is 8.10. The molecule has 0 atom stereocenters. The summed E-state index contributed by atoms with van der Waals surface area (Å²) in [6, 6.07) is 7.94. The average Bonchev–Trinajstić information content (AvgIpc) is 2.60. The molecule has 0 saturated carbocycles. The summed E-state index contributed by atoms with van der Waals surface area (Å²) in [6.07, 6.45) is 0. The van der Waals surface area contributed by atoms with Gasteiger partial charge >= 0.3 is 0 Å². The van der Waals surface area contributed by atoms with Crippen LogP contribution in [-0.2, 0) is 13.6 Å². The molecule has 17 heavy (non-hydrogen) atoms. The van der Waals surface area contributed by atoms with Crippen molar-refractivity contribution in [3.05, 3.63) is 40.5 Å². The topological polar surface area (TPSA) is 43.8 Å². The Morgan fingerprint density at radius 3 is 2.71 bits per heavy atom. The predicted octanol–water partition coefficient (Wildman–Crippen LogP) is 2.99. The first-order valence-electron chi connectivity index (χ1n) is 5.27. The number of rotatable bonds is 3. The van der Waals surface area contributed by atoms with Crippen molar-refractivity contribution in [1.82, 2.24) is 9.78 Å². The summed E-state index contributed by atoms with van der Waals surface area (Å²) in [4.78, 5) is 1.02. The minimum atomic E-state index is 0.509. The van der Waals surface area contributed by atoms with Gasteiger partial charge in [0.15, 0.2) is 0 Å². The molecule has 0 bridgehead atoms. The molecule has 0 spiro atoms.